The van der Waals surface area contributed by atoms with Crippen molar-refractivity contribution in [1.82, 2.24) is 4.90 Å². The van der Waals surface area contributed by atoms with E-state index in [1.807, 2.05) is 0 Å². The number of rotatable bonds is 7. The third kappa shape index (κ3) is 4.39. The van der Waals surface area contributed by atoms with E-state index >= 15 is 0 Å². The first kappa shape index (κ1) is 16.8. The Morgan fingerprint density at radius 1 is 1.30 bits per heavy atom. The molecular weight excluding hydrogens is 252 g/mol. The minimum absolute atomic E-state index is 0.0377. The lowest BCUT2D eigenvalue weighted by atomic mass is 9.91. The van der Waals surface area contributed by atoms with Gasteiger partial charge in [0.15, 0.2) is 0 Å². The van der Waals surface area contributed by atoms with Crippen LogP contribution in [0.1, 0.15) is 45.7 Å². The van der Waals surface area contributed by atoms with Gasteiger partial charge in [0.2, 0.25) is 0 Å². The summed E-state index contributed by atoms with van der Waals surface area (Å²) in [6.45, 7) is 11.0. The Kier molecular flexibility index (Phi) is 5.84. The zero-order chi connectivity index (χ0) is 15.3. The average Bonchev–Trinajstić information content (AvgIpc) is 2.37. The fraction of sp³-hybridized carbons (Fsp3) is 0.625. The highest BCUT2D eigenvalue weighted by molar-refractivity contribution is 5.40. The largest absolute Gasteiger partial charge is 0.508 e. The van der Waals surface area contributed by atoms with Crippen molar-refractivity contribution in [2.75, 3.05) is 19.6 Å². The first-order chi connectivity index (χ1) is 9.30. The molecule has 0 amide bonds. The minimum atomic E-state index is 0.0377. The Bertz CT molecular complexity index is 432. The smallest absolute Gasteiger partial charge is 0.124 e. The monoisotopic (exact) mass is 280 g/mol. The van der Waals surface area contributed by atoms with E-state index in [4.69, 9.17) is 5.73 Å². The number of hydrogen-bond donors (Lipinski definition) is 3. The molecule has 0 aliphatic carbocycles. The lowest BCUT2D eigenvalue weighted by Crippen LogP contribution is -2.40. The van der Waals surface area contributed by atoms with Gasteiger partial charge in [-0.1, -0.05) is 26.8 Å². The summed E-state index contributed by atoms with van der Waals surface area (Å²) in [6, 6.07) is 4.88. The lowest BCUT2D eigenvalue weighted by molar-refractivity contribution is 0.139. The third-order valence-electron chi connectivity index (χ3n) is 3.71. The van der Waals surface area contributed by atoms with Crippen molar-refractivity contribution in [3.63, 3.8) is 0 Å². The molecule has 4 heteroatoms. The molecule has 1 aromatic rings. The van der Waals surface area contributed by atoms with Crippen LogP contribution >= 0.6 is 0 Å². The van der Waals surface area contributed by atoms with Gasteiger partial charge in [-0.2, -0.15) is 0 Å². The maximum absolute atomic E-state index is 10.0. The molecule has 0 saturated carbocycles. The van der Waals surface area contributed by atoms with Gasteiger partial charge in [0.1, 0.15) is 11.5 Å². The van der Waals surface area contributed by atoms with Crippen molar-refractivity contribution < 1.29 is 10.2 Å². The third-order valence-corrected chi connectivity index (χ3v) is 3.71. The van der Waals surface area contributed by atoms with Gasteiger partial charge < -0.3 is 15.9 Å². The fourth-order valence-corrected chi connectivity index (χ4v) is 2.39. The summed E-state index contributed by atoms with van der Waals surface area (Å²) in [5.41, 5.74) is 6.71. The minimum Gasteiger partial charge on any atom is -0.508 e. The van der Waals surface area contributed by atoms with Crippen LogP contribution in [0.4, 0.5) is 0 Å². The molecule has 20 heavy (non-hydrogen) atoms. The standard InChI is InChI=1S/C16H28N2O2/c1-5-8-18(11-16(3,4)10-17)12(2)14-7-6-13(19)9-15(14)20/h6-7,9,12,19-20H,5,8,10-11,17H2,1-4H3. The number of hydrogen-bond acceptors (Lipinski definition) is 4. The summed E-state index contributed by atoms with van der Waals surface area (Å²) < 4.78 is 0. The fourth-order valence-electron chi connectivity index (χ4n) is 2.39. The van der Waals surface area contributed by atoms with Gasteiger partial charge >= 0.3 is 0 Å². The lowest BCUT2D eigenvalue weighted by Gasteiger charge is -2.36. The normalized spacial score (nSPS) is 13.7. The molecule has 0 aliphatic heterocycles. The average molecular weight is 280 g/mol. The molecule has 1 rings (SSSR count). The van der Waals surface area contributed by atoms with Crippen LogP contribution in [0.3, 0.4) is 0 Å². The van der Waals surface area contributed by atoms with Gasteiger partial charge in [0, 0.05) is 24.2 Å². The molecular formula is C16H28N2O2. The molecule has 0 heterocycles. The molecule has 0 aromatic heterocycles. The summed E-state index contributed by atoms with van der Waals surface area (Å²) >= 11 is 0. The molecule has 114 valence electrons. The van der Waals surface area contributed by atoms with Crippen molar-refractivity contribution in [3.05, 3.63) is 23.8 Å². The molecule has 0 bridgehead atoms. The predicted octanol–water partition coefficient (Wildman–Crippen LogP) is 2.86. The van der Waals surface area contributed by atoms with E-state index in [2.05, 4.69) is 32.6 Å². The van der Waals surface area contributed by atoms with Crippen LogP contribution < -0.4 is 5.73 Å². The summed E-state index contributed by atoms with van der Waals surface area (Å²) in [7, 11) is 0. The van der Waals surface area contributed by atoms with Crippen LogP contribution in [0.2, 0.25) is 0 Å². The second kappa shape index (κ2) is 6.95. The van der Waals surface area contributed by atoms with Crippen molar-refractivity contribution in [2.24, 2.45) is 11.1 Å². The molecule has 1 atom stereocenters. The molecule has 4 nitrogen and oxygen atoms in total. The number of nitrogens with zero attached hydrogens (tertiary/aromatic N) is 1. The molecule has 1 aromatic carbocycles. The number of benzene rings is 1. The van der Waals surface area contributed by atoms with Crippen LogP contribution in [0.25, 0.3) is 0 Å². The summed E-state index contributed by atoms with van der Waals surface area (Å²) in [4.78, 5) is 2.33. The second-order valence-corrected chi connectivity index (χ2v) is 6.26. The van der Waals surface area contributed by atoms with Crippen molar-refractivity contribution >= 4 is 0 Å². The maximum Gasteiger partial charge on any atom is 0.124 e. The quantitative estimate of drug-likeness (QED) is 0.718. The van der Waals surface area contributed by atoms with Gasteiger partial charge in [-0.05, 0) is 37.9 Å². The summed E-state index contributed by atoms with van der Waals surface area (Å²) in [5.74, 6) is 0.229. The Hall–Kier alpha value is -1.26. The topological polar surface area (TPSA) is 69.7 Å². The molecule has 1 unspecified atom stereocenters. The highest BCUT2D eigenvalue weighted by Crippen LogP contribution is 2.32. The number of aromatic hydroxyl groups is 2. The Morgan fingerprint density at radius 2 is 1.95 bits per heavy atom. The molecule has 0 saturated heterocycles. The van der Waals surface area contributed by atoms with E-state index in [0.29, 0.717) is 6.54 Å². The van der Waals surface area contributed by atoms with Crippen molar-refractivity contribution in [3.8, 4) is 11.5 Å². The van der Waals surface area contributed by atoms with E-state index in [9.17, 15) is 10.2 Å². The van der Waals surface area contributed by atoms with E-state index < -0.39 is 0 Å². The van der Waals surface area contributed by atoms with Gasteiger partial charge in [0.05, 0.1) is 0 Å². The number of phenols is 2. The van der Waals surface area contributed by atoms with Crippen molar-refractivity contribution in [2.45, 2.75) is 40.2 Å². The highest BCUT2D eigenvalue weighted by atomic mass is 16.3. The highest BCUT2D eigenvalue weighted by Gasteiger charge is 2.25. The Balaban J connectivity index is 2.95. The molecule has 0 aliphatic rings. The number of nitrogens with two attached hydrogens (primary N) is 1. The molecule has 0 fully saturated rings. The van der Waals surface area contributed by atoms with Gasteiger partial charge in [0.25, 0.3) is 0 Å². The zero-order valence-corrected chi connectivity index (χ0v) is 13.1. The van der Waals surface area contributed by atoms with Crippen LogP contribution in [-0.4, -0.2) is 34.7 Å². The van der Waals surface area contributed by atoms with Crippen LogP contribution in [0, 0.1) is 5.41 Å². The molecule has 0 radical (unpaired) electrons. The van der Waals surface area contributed by atoms with Gasteiger partial charge in [-0.3, -0.25) is 4.90 Å². The zero-order valence-electron chi connectivity index (χ0n) is 13.1. The SMILES string of the molecule is CCCN(CC(C)(C)CN)C(C)c1ccc(O)cc1O. The molecule has 0 spiro atoms. The first-order valence-electron chi connectivity index (χ1n) is 7.26. The van der Waals surface area contributed by atoms with Crippen LogP contribution in [0.15, 0.2) is 18.2 Å². The van der Waals surface area contributed by atoms with Crippen LogP contribution in [-0.2, 0) is 0 Å². The molecule has 4 N–H and O–H groups in total. The second-order valence-electron chi connectivity index (χ2n) is 6.26. The van der Waals surface area contributed by atoms with E-state index in [1.165, 1.54) is 6.07 Å². The van der Waals surface area contributed by atoms with E-state index in [0.717, 1.165) is 25.1 Å². The first-order valence-corrected chi connectivity index (χ1v) is 7.26. The maximum atomic E-state index is 10.0. The Morgan fingerprint density at radius 3 is 2.45 bits per heavy atom. The van der Waals surface area contributed by atoms with Gasteiger partial charge in [-0.15, -0.1) is 0 Å². The van der Waals surface area contributed by atoms with Gasteiger partial charge in [-0.25, -0.2) is 0 Å². The predicted molar refractivity (Wildman–Crippen MR) is 82.9 cm³/mol. The van der Waals surface area contributed by atoms with Crippen molar-refractivity contribution in [1.29, 1.82) is 0 Å². The van der Waals surface area contributed by atoms with E-state index in [-0.39, 0.29) is 23.0 Å². The summed E-state index contributed by atoms with van der Waals surface area (Å²) in [6.07, 6.45) is 1.05. The van der Waals surface area contributed by atoms with Crippen LogP contribution in [0.5, 0.6) is 11.5 Å². The van der Waals surface area contributed by atoms with E-state index in [1.54, 1.807) is 12.1 Å². The Labute approximate surface area is 122 Å². The number of phenolic OH excluding ortho intramolecular Hbond substituents is 2. The summed E-state index contributed by atoms with van der Waals surface area (Å²) in [5, 5.41) is 19.4.